The van der Waals surface area contributed by atoms with Crippen LogP contribution in [0.5, 0.6) is 17.2 Å². The fourth-order valence-electron chi connectivity index (χ4n) is 5.52. The minimum Gasteiger partial charge on any atom is -0.508 e. The minimum atomic E-state index is -0.151. The van der Waals surface area contributed by atoms with E-state index in [4.69, 9.17) is 0 Å². The van der Waals surface area contributed by atoms with E-state index in [1.807, 2.05) is 12.1 Å². The Morgan fingerprint density at radius 3 is 1.43 bits per heavy atom. The molecule has 0 heterocycles. The maximum absolute atomic E-state index is 9.84. The van der Waals surface area contributed by atoms with Crippen LogP contribution in [-0.4, -0.2) is 15.3 Å². The van der Waals surface area contributed by atoms with E-state index in [2.05, 4.69) is 31.2 Å². The van der Waals surface area contributed by atoms with Crippen molar-refractivity contribution in [2.45, 2.75) is 50.4 Å². The Morgan fingerprint density at radius 2 is 1.03 bits per heavy atom. The third-order valence-corrected chi connectivity index (χ3v) is 7.11. The number of hydrogen-bond donors (Lipinski definition) is 3. The van der Waals surface area contributed by atoms with Crippen LogP contribution in [0.2, 0.25) is 0 Å². The average molecular weight is 403 g/mol. The number of rotatable bonds is 5. The number of aromatic hydroxyl groups is 3. The van der Waals surface area contributed by atoms with Gasteiger partial charge in [-0.1, -0.05) is 43.3 Å². The van der Waals surface area contributed by atoms with Gasteiger partial charge in [-0.2, -0.15) is 0 Å². The third-order valence-electron chi connectivity index (χ3n) is 7.11. The molecule has 0 bridgehead atoms. The Hall–Kier alpha value is -2.94. The zero-order chi connectivity index (χ0) is 21.1. The maximum Gasteiger partial charge on any atom is 0.115 e. The molecule has 4 rings (SSSR count). The molecule has 1 saturated carbocycles. The summed E-state index contributed by atoms with van der Waals surface area (Å²) in [6, 6.07) is 23.0. The lowest BCUT2D eigenvalue weighted by Gasteiger charge is -2.45. The summed E-state index contributed by atoms with van der Waals surface area (Å²) in [5.74, 6) is 1.88. The molecule has 0 aromatic heterocycles. The van der Waals surface area contributed by atoms with Crippen molar-refractivity contribution < 1.29 is 15.3 Å². The van der Waals surface area contributed by atoms with E-state index in [1.165, 1.54) is 16.7 Å². The second-order valence-electron chi connectivity index (χ2n) is 8.56. The molecule has 3 heteroatoms. The van der Waals surface area contributed by atoms with Crippen LogP contribution in [0.3, 0.4) is 0 Å². The van der Waals surface area contributed by atoms with Gasteiger partial charge in [-0.3, -0.25) is 0 Å². The van der Waals surface area contributed by atoms with Gasteiger partial charge in [0.25, 0.3) is 0 Å². The molecule has 0 spiro atoms. The van der Waals surface area contributed by atoms with Crippen LogP contribution in [0.1, 0.15) is 61.6 Å². The molecule has 3 nitrogen and oxygen atoms in total. The summed E-state index contributed by atoms with van der Waals surface area (Å²) in [5.41, 5.74) is 3.60. The van der Waals surface area contributed by atoms with Crippen molar-refractivity contribution in [3.05, 3.63) is 89.5 Å². The first kappa shape index (κ1) is 20.3. The highest BCUT2D eigenvalue weighted by atomic mass is 16.3. The highest BCUT2D eigenvalue weighted by molar-refractivity contribution is 5.44. The first-order chi connectivity index (χ1) is 14.5. The van der Waals surface area contributed by atoms with Crippen LogP contribution in [0.25, 0.3) is 0 Å². The minimum absolute atomic E-state index is 0.151. The number of benzene rings is 3. The molecule has 30 heavy (non-hydrogen) atoms. The van der Waals surface area contributed by atoms with Crippen LogP contribution < -0.4 is 0 Å². The van der Waals surface area contributed by atoms with Crippen LogP contribution in [0.15, 0.2) is 72.8 Å². The maximum atomic E-state index is 9.84. The first-order valence-electron chi connectivity index (χ1n) is 10.9. The second-order valence-corrected chi connectivity index (χ2v) is 8.56. The van der Waals surface area contributed by atoms with E-state index in [0.29, 0.717) is 17.6 Å². The van der Waals surface area contributed by atoms with Gasteiger partial charge in [-0.25, -0.2) is 0 Å². The van der Waals surface area contributed by atoms with Gasteiger partial charge in [0.15, 0.2) is 0 Å². The molecule has 0 radical (unpaired) electrons. The molecular formula is C27H30O3. The van der Waals surface area contributed by atoms with Gasteiger partial charge in [0, 0.05) is 5.41 Å². The molecule has 3 N–H and O–H groups in total. The lowest BCUT2D eigenvalue weighted by Crippen LogP contribution is -2.38. The molecule has 1 aliphatic rings. The summed E-state index contributed by atoms with van der Waals surface area (Å²) in [5, 5.41) is 29.3. The van der Waals surface area contributed by atoms with Gasteiger partial charge in [-0.05, 0) is 97.0 Å². The number of phenolic OH excluding ortho intramolecular Hbond substituents is 3. The van der Waals surface area contributed by atoms with Crippen LogP contribution in [0.4, 0.5) is 0 Å². The Kier molecular flexibility index (Phi) is 5.72. The summed E-state index contributed by atoms with van der Waals surface area (Å²) < 4.78 is 0. The lowest BCUT2D eigenvalue weighted by molar-refractivity contribution is 0.216. The summed E-state index contributed by atoms with van der Waals surface area (Å²) in [6.07, 6.45) is 5.42. The fraction of sp³-hybridized carbons (Fsp3) is 0.333. The standard InChI is InChI=1S/C27H30O3/c1-2-27(22-9-15-25(29)16-10-22,23-11-17-26(30)18-12-23)21-7-3-19(4-8-21)20-5-13-24(28)14-6-20/h5-6,9-19,21,28-30H,2-4,7-8H2,1H3. The number of hydrogen-bond acceptors (Lipinski definition) is 3. The van der Waals surface area contributed by atoms with Crippen LogP contribution >= 0.6 is 0 Å². The average Bonchev–Trinajstić information content (AvgIpc) is 2.78. The van der Waals surface area contributed by atoms with Gasteiger partial charge in [0.1, 0.15) is 17.2 Å². The van der Waals surface area contributed by atoms with Crippen molar-refractivity contribution in [1.82, 2.24) is 0 Å². The largest absolute Gasteiger partial charge is 0.508 e. The van der Waals surface area contributed by atoms with Crippen molar-refractivity contribution in [1.29, 1.82) is 0 Å². The highest BCUT2D eigenvalue weighted by Crippen LogP contribution is 2.51. The summed E-state index contributed by atoms with van der Waals surface area (Å²) in [7, 11) is 0. The normalized spacial score (nSPS) is 19.5. The van der Waals surface area contributed by atoms with Crippen LogP contribution in [0, 0.1) is 5.92 Å². The van der Waals surface area contributed by atoms with Crippen molar-refractivity contribution in [3.8, 4) is 17.2 Å². The number of phenols is 3. The molecule has 0 amide bonds. The van der Waals surface area contributed by atoms with E-state index in [1.54, 1.807) is 36.4 Å². The first-order valence-corrected chi connectivity index (χ1v) is 10.9. The summed E-state index contributed by atoms with van der Waals surface area (Å²) >= 11 is 0. The van der Waals surface area contributed by atoms with E-state index >= 15 is 0 Å². The molecule has 1 fully saturated rings. The highest BCUT2D eigenvalue weighted by Gasteiger charge is 2.42. The van der Waals surface area contributed by atoms with E-state index in [0.717, 1.165) is 32.1 Å². The topological polar surface area (TPSA) is 60.7 Å². The van der Waals surface area contributed by atoms with Crippen LogP contribution in [-0.2, 0) is 5.41 Å². The van der Waals surface area contributed by atoms with Crippen molar-refractivity contribution in [2.24, 2.45) is 5.92 Å². The molecule has 0 aliphatic heterocycles. The van der Waals surface area contributed by atoms with E-state index < -0.39 is 0 Å². The smallest absolute Gasteiger partial charge is 0.115 e. The molecule has 0 atom stereocenters. The quantitative estimate of drug-likeness (QED) is 0.458. The predicted octanol–water partition coefficient (Wildman–Crippen LogP) is 6.47. The van der Waals surface area contributed by atoms with Crippen molar-refractivity contribution in [3.63, 3.8) is 0 Å². The molecule has 0 unspecified atom stereocenters. The van der Waals surface area contributed by atoms with Gasteiger partial charge < -0.3 is 15.3 Å². The zero-order valence-electron chi connectivity index (χ0n) is 17.5. The van der Waals surface area contributed by atoms with Gasteiger partial charge in [-0.15, -0.1) is 0 Å². The molecule has 1 aliphatic carbocycles. The van der Waals surface area contributed by atoms with Gasteiger partial charge >= 0.3 is 0 Å². The Morgan fingerprint density at radius 1 is 0.633 bits per heavy atom. The third kappa shape index (κ3) is 3.77. The molecule has 3 aromatic carbocycles. The Bertz CT molecular complexity index is 905. The fourth-order valence-corrected chi connectivity index (χ4v) is 5.52. The summed E-state index contributed by atoms with van der Waals surface area (Å²) in [4.78, 5) is 0. The zero-order valence-corrected chi connectivity index (χ0v) is 17.5. The van der Waals surface area contributed by atoms with Gasteiger partial charge in [0.05, 0.1) is 0 Å². The second kappa shape index (κ2) is 8.43. The Balaban J connectivity index is 1.67. The Labute approximate surface area is 178 Å². The lowest BCUT2D eigenvalue weighted by atomic mass is 9.59. The summed E-state index contributed by atoms with van der Waals surface area (Å²) in [6.45, 7) is 2.24. The van der Waals surface area contributed by atoms with Gasteiger partial charge in [0.2, 0.25) is 0 Å². The SMILES string of the molecule is CCC(c1ccc(O)cc1)(c1ccc(O)cc1)C1CCC(c2ccc(O)cc2)CC1. The molecule has 3 aromatic rings. The van der Waals surface area contributed by atoms with Crippen molar-refractivity contribution in [2.75, 3.05) is 0 Å². The van der Waals surface area contributed by atoms with E-state index in [-0.39, 0.29) is 16.9 Å². The van der Waals surface area contributed by atoms with Crippen molar-refractivity contribution >= 4 is 0 Å². The molecule has 0 saturated heterocycles. The van der Waals surface area contributed by atoms with E-state index in [9.17, 15) is 15.3 Å². The monoisotopic (exact) mass is 402 g/mol. The predicted molar refractivity (Wildman–Crippen MR) is 120 cm³/mol. The molecular weight excluding hydrogens is 372 g/mol. The molecule has 156 valence electrons.